The maximum Gasteiger partial charge on any atom is 0.237 e. The van der Waals surface area contributed by atoms with Crippen molar-refractivity contribution >= 4 is 14.2 Å². The van der Waals surface area contributed by atoms with Crippen molar-refractivity contribution in [2.75, 3.05) is 11.1 Å². The van der Waals surface area contributed by atoms with Crippen molar-refractivity contribution in [3.05, 3.63) is 12.4 Å². The number of hydrogen-bond acceptors (Lipinski definition) is 4. The fourth-order valence-corrected chi connectivity index (χ4v) is 6.82. The maximum absolute atomic E-state index is 4.34. The van der Waals surface area contributed by atoms with Crippen LogP contribution >= 0.6 is 0 Å². The zero-order valence-electron chi connectivity index (χ0n) is 9.48. The van der Waals surface area contributed by atoms with Crippen molar-refractivity contribution in [2.24, 2.45) is 0 Å². The van der Waals surface area contributed by atoms with Crippen molar-refractivity contribution in [3.63, 3.8) is 0 Å². The molecule has 0 amide bonds. The minimum atomic E-state index is -1.28. The summed E-state index contributed by atoms with van der Waals surface area (Å²) in [6.07, 6.45) is 4.68. The molecule has 0 atom stereocenters. The molecule has 0 bridgehead atoms. The van der Waals surface area contributed by atoms with Crippen LogP contribution in [0.1, 0.15) is 20.3 Å². The van der Waals surface area contributed by atoms with E-state index in [4.69, 9.17) is 0 Å². The highest BCUT2D eigenvalue weighted by Crippen LogP contribution is 2.34. The molecule has 0 radical (unpaired) electrons. The SMILES string of the molecule is CC[Si]1(CC)CCCN1c1nccnn1. The van der Waals surface area contributed by atoms with E-state index in [1.165, 1.54) is 24.6 Å². The van der Waals surface area contributed by atoms with Crippen LogP contribution in [0.25, 0.3) is 0 Å². The zero-order chi connectivity index (χ0) is 10.7. The largest absolute Gasteiger partial charge is 0.366 e. The molecule has 0 aromatic carbocycles. The van der Waals surface area contributed by atoms with E-state index < -0.39 is 8.24 Å². The minimum Gasteiger partial charge on any atom is -0.366 e. The molecule has 82 valence electrons. The molecule has 5 heteroatoms. The van der Waals surface area contributed by atoms with Crippen molar-refractivity contribution in [3.8, 4) is 0 Å². The van der Waals surface area contributed by atoms with E-state index in [1.54, 1.807) is 12.4 Å². The Hall–Kier alpha value is -0.973. The van der Waals surface area contributed by atoms with Crippen molar-refractivity contribution in [2.45, 2.75) is 38.4 Å². The van der Waals surface area contributed by atoms with Gasteiger partial charge in [-0.15, -0.1) is 5.10 Å². The molecular weight excluding hydrogens is 204 g/mol. The first kappa shape index (κ1) is 10.5. The van der Waals surface area contributed by atoms with Gasteiger partial charge in [0.05, 0.1) is 12.4 Å². The van der Waals surface area contributed by atoms with Gasteiger partial charge in [-0.1, -0.05) is 13.8 Å². The molecule has 1 fully saturated rings. The second kappa shape index (κ2) is 4.26. The number of nitrogens with zero attached hydrogens (tertiary/aromatic N) is 4. The van der Waals surface area contributed by atoms with Gasteiger partial charge in [0, 0.05) is 6.54 Å². The molecule has 0 unspecified atom stereocenters. The summed E-state index contributed by atoms with van der Waals surface area (Å²) in [5.74, 6) is 0.852. The van der Waals surface area contributed by atoms with Gasteiger partial charge in [0.25, 0.3) is 0 Å². The Morgan fingerprint density at radius 3 is 2.73 bits per heavy atom. The lowest BCUT2D eigenvalue weighted by molar-refractivity contribution is 0.887. The molecule has 15 heavy (non-hydrogen) atoms. The Kier molecular flexibility index (Phi) is 3.00. The molecule has 0 N–H and O–H groups in total. The predicted octanol–water partition coefficient (Wildman–Crippen LogP) is 2.07. The zero-order valence-corrected chi connectivity index (χ0v) is 10.5. The predicted molar refractivity (Wildman–Crippen MR) is 63.3 cm³/mol. The second-order valence-electron chi connectivity index (χ2n) is 4.13. The first-order valence-corrected chi connectivity index (χ1v) is 8.30. The molecule has 4 nitrogen and oxygen atoms in total. The number of rotatable bonds is 3. The summed E-state index contributed by atoms with van der Waals surface area (Å²) >= 11 is 0. The molecule has 0 saturated carbocycles. The number of anilines is 1. The lowest BCUT2D eigenvalue weighted by Gasteiger charge is -2.34. The number of hydrogen-bond donors (Lipinski definition) is 0. The van der Waals surface area contributed by atoms with Gasteiger partial charge in [0.15, 0.2) is 8.24 Å². The first-order chi connectivity index (χ1) is 7.32. The quantitative estimate of drug-likeness (QED) is 0.734. The monoisotopic (exact) mass is 222 g/mol. The summed E-state index contributed by atoms with van der Waals surface area (Å²) in [6.45, 7) is 5.74. The summed E-state index contributed by atoms with van der Waals surface area (Å²) in [6, 6.07) is 3.97. The average molecular weight is 222 g/mol. The summed E-state index contributed by atoms with van der Waals surface area (Å²) in [5.41, 5.74) is 0. The Bertz CT molecular complexity index is 312. The van der Waals surface area contributed by atoms with Gasteiger partial charge in [-0.25, -0.2) is 4.98 Å². The topological polar surface area (TPSA) is 41.9 Å². The first-order valence-electron chi connectivity index (χ1n) is 5.74. The van der Waals surface area contributed by atoms with Crippen LogP contribution in [-0.4, -0.2) is 30.0 Å². The van der Waals surface area contributed by atoms with Crippen LogP contribution in [0, 0.1) is 0 Å². The van der Waals surface area contributed by atoms with E-state index in [2.05, 4.69) is 33.6 Å². The lowest BCUT2D eigenvalue weighted by atomic mass is 10.5. The van der Waals surface area contributed by atoms with Crippen LogP contribution in [0.2, 0.25) is 18.1 Å². The lowest BCUT2D eigenvalue weighted by Crippen LogP contribution is -2.48. The van der Waals surface area contributed by atoms with Gasteiger partial charge in [-0.3, -0.25) is 0 Å². The normalized spacial score (nSPS) is 19.5. The summed E-state index contributed by atoms with van der Waals surface area (Å²) in [4.78, 5) is 4.34. The summed E-state index contributed by atoms with van der Waals surface area (Å²) in [5, 5.41) is 8.08. The van der Waals surface area contributed by atoms with Gasteiger partial charge in [0.2, 0.25) is 5.95 Å². The van der Waals surface area contributed by atoms with Crippen LogP contribution in [-0.2, 0) is 0 Å². The molecule has 2 heterocycles. The van der Waals surface area contributed by atoms with E-state index in [0.29, 0.717) is 0 Å². The summed E-state index contributed by atoms with van der Waals surface area (Å²) < 4.78 is 2.47. The fourth-order valence-electron chi connectivity index (χ4n) is 2.60. The third-order valence-corrected chi connectivity index (χ3v) is 9.11. The summed E-state index contributed by atoms with van der Waals surface area (Å²) in [7, 11) is -1.28. The molecule has 1 saturated heterocycles. The fraction of sp³-hybridized carbons (Fsp3) is 0.700. The molecule has 0 spiro atoms. The van der Waals surface area contributed by atoms with Gasteiger partial charge in [0.1, 0.15) is 0 Å². The van der Waals surface area contributed by atoms with Crippen molar-refractivity contribution in [1.29, 1.82) is 0 Å². The van der Waals surface area contributed by atoms with Crippen LogP contribution in [0.15, 0.2) is 12.4 Å². The Morgan fingerprint density at radius 1 is 1.33 bits per heavy atom. The maximum atomic E-state index is 4.34. The second-order valence-corrected chi connectivity index (χ2v) is 9.03. The minimum absolute atomic E-state index is 0.852. The third-order valence-electron chi connectivity index (χ3n) is 3.62. The molecule has 1 aliphatic rings. The third kappa shape index (κ3) is 1.76. The van der Waals surface area contributed by atoms with Crippen molar-refractivity contribution in [1.82, 2.24) is 15.2 Å². The Labute approximate surface area is 91.8 Å². The average Bonchev–Trinajstić information content (AvgIpc) is 2.74. The highest BCUT2D eigenvalue weighted by atomic mass is 28.3. The van der Waals surface area contributed by atoms with Crippen LogP contribution in [0.4, 0.5) is 5.95 Å². The Balaban J connectivity index is 2.29. The molecule has 1 aliphatic heterocycles. The standard InChI is InChI=1S/C10H18N4Si/c1-3-15(4-2)9-5-8-14(15)10-11-6-7-12-13-10/h6-7H,3-5,8-9H2,1-2H3. The van der Waals surface area contributed by atoms with E-state index in [0.717, 1.165) is 12.5 Å². The van der Waals surface area contributed by atoms with Crippen LogP contribution in [0.3, 0.4) is 0 Å². The molecule has 0 aliphatic carbocycles. The van der Waals surface area contributed by atoms with E-state index in [1.807, 2.05) is 0 Å². The molecule has 1 aromatic heterocycles. The van der Waals surface area contributed by atoms with E-state index >= 15 is 0 Å². The van der Waals surface area contributed by atoms with Gasteiger partial charge < -0.3 is 4.57 Å². The number of aromatic nitrogens is 3. The Morgan fingerprint density at radius 2 is 2.13 bits per heavy atom. The highest BCUT2D eigenvalue weighted by Gasteiger charge is 2.41. The van der Waals surface area contributed by atoms with E-state index in [9.17, 15) is 0 Å². The van der Waals surface area contributed by atoms with Crippen molar-refractivity contribution < 1.29 is 0 Å². The van der Waals surface area contributed by atoms with Crippen LogP contribution in [0.5, 0.6) is 0 Å². The van der Waals surface area contributed by atoms with Gasteiger partial charge >= 0.3 is 0 Å². The molecule has 2 rings (SSSR count). The molecular formula is C10H18N4Si. The molecule has 1 aromatic rings. The van der Waals surface area contributed by atoms with Crippen LogP contribution < -0.4 is 4.57 Å². The smallest absolute Gasteiger partial charge is 0.237 e. The van der Waals surface area contributed by atoms with Gasteiger partial charge in [-0.05, 0) is 24.6 Å². The highest BCUT2D eigenvalue weighted by molar-refractivity contribution is 6.83. The van der Waals surface area contributed by atoms with E-state index in [-0.39, 0.29) is 0 Å². The van der Waals surface area contributed by atoms with Gasteiger partial charge in [-0.2, -0.15) is 5.10 Å².